The topological polar surface area (TPSA) is 45.1 Å². The number of amides is 1. The first-order valence-corrected chi connectivity index (χ1v) is 9.03. The molecule has 2 saturated heterocycles. The molecule has 0 radical (unpaired) electrons. The molecule has 0 aromatic rings. The zero-order chi connectivity index (χ0) is 17.9. The van der Waals surface area contributed by atoms with Crippen molar-refractivity contribution in [2.75, 3.05) is 19.7 Å². The molecule has 3 rings (SSSR count). The van der Waals surface area contributed by atoms with E-state index in [0.29, 0.717) is 13.2 Å². The lowest BCUT2D eigenvalue weighted by Gasteiger charge is -2.41. The molecule has 3 aliphatic rings. The molecule has 0 saturated carbocycles. The van der Waals surface area contributed by atoms with Crippen molar-refractivity contribution in [2.45, 2.75) is 67.0 Å². The number of fused-ring (bicyclic) bond motifs is 1. The largest absolute Gasteiger partial charge is 0.448 e. The van der Waals surface area contributed by atoms with Crippen molar-refractivity contribution < 1.29 is 9.53 Å². The third-order valence-corrected chi connectivity index (χ3v) is 5.16. The molecular weight excluding hydrogens is 302 g/mol. The number of carbonyl (C=O) groups is 1. The van der Waals surface area contributed by atoms with Gasteiger partial charge >= 0.3 is 6.09 Å². The molecule has 5 nitrogen and oxygen atoms in total. The maximum Gasteiger partial charge on any atom is 0.410 e. The third kappa shape index (κ3) is 2.82. The average Bonchev–Trinajstić information content (AvgIpc) is 3.00. The number of amidine groups is 1. The minimum atomic E-state index is -0.167. The van der Waals surface area contributed by atoms with Gasteiger partial charge in [0.2, 0.25) is 0 Å². The van der Waals surface area contributed by atoms with Crippen LogP contribution in [-0.4, -0.2) is 53.5 Å². The van der Waals surface area contributed by atoms with Gasteiger partial charge in [0.15, 0.2) is 0 Å². The number of hydrogen-bond acceptors (Lipinski definition) is 4. The zero-order valence-electron chi connectivity index (χ0n) is 16.1. The van der Waals surface area contributed by atoms with Crippen LogP contribution in [0.4, 0.5) is 4.79 Å². The first-order chi connectivity index (χ1) is 11.0. The molecule has 5 heteroatoms. The van der Waals surface area contributed by atoms with E-state index in [1.165, 1.54) is 11.3 Å². The molecular formula is C19H31N3O2. The number of nitrogens with zero attached hydrogens (tertiary/aromatic N) is 3. The van der Waals surface area contributed by atoms with E-state index in [-0.39, 0.29) is 29.0 Å². The molecule has 0 unspecified atom stereocenters. The summed E-state index contributed by atoms with van der Waals surface area (Å²) in [6.45, 7) is 17.7. The number of aliphatic imine (C=N–C) groups is 1. The second-order valence-corrected chi connectivity index (χ2v) is 9.27. The summed E-state index contributed by atoms with van der Waals surface area (Å²) in [5.41, 5.74) is 2.84. The van der Waals surface area contributed by atoms with Gasteiger partial charge in [0.25, 0.3) is 0 Å². The fourth-order valence-corrected chi connectivity index (χ4v) is 4.35. The Bertz CT molecular complexity index is 607. The van der Waals surface area contributed by atoms with E-state index in [4.69, 9.17) is 9.73 Å². The van der Waals surface area contributed by atoms with Gasteiger partial charge in [0.1, 0.15) is 12.4 Å². The highest BCUT2D eigenvalue weighted by Gasteiger charge is 2.45. The second-order valence-electron chi connectivity index (χ2n) is 9.27. The van der Waals surface area contributed by atoms with E-state index in [9.17, 15) is 4.79 Å². The minimum absolute atomic E-state index is 0.0106. The van der Waals surface area contributed by atoms with Crippen molar-refractivity contribution in [1.82, 2.24) is 9.80 Å². The van der Waals surface area contributed by atoms with Crippen LogP contribution < -0.4 is 0 Å². The maximum atomic E-state index is 12.0. The average molecular weight is 333 g/mol. The van der Waals surface area contributed by atoms with Gasteiger partial charge < -0.3 is 9.64 Å². The second kappa shape index (κ2) is 5.50. The van der Waals surface area contributed by atoms with Gasteiger partial charge in [-0.15, -0.1) is 0 Å². The number of rotatable bonds is 1. The van der Waals surface area contributed by atoms with Crippen LogP contribution in [0.3, 0.4) is 0 Å². The molecule has 1 amide bonds. The van der Waals surface area contributed by atoms with Gasteiger partial charge in [0, 0.05) is 24.1 Å². The molecule has 2 fully saturated rings. The van der Waals surface area contributed by atoms with E-state index in [2.05, 4.69) is 53.4 Å². The predicted molar refractivity (Wildman–Crippen MR) is 96.0 cm³/mol. The number of ether oxygens (including phenoxy) is 1. The number of carbonyl (C=O) groups excluding carboxylic acids is 1. The van der Waals surface area contributed by atoms with Crippen LogP contribution >= 0.6 is 0 Å². The van der Waals surface area contributed by atoms with E-state index in [1.807, 2.05) is 4.90 Å². The van der Waals surface area contributed by atoms with Crippen LogP contribution in [-0.2, 0) is 4.74 Å². The van der Waals surface area contributed by atoms with Crippen molar-refractivity contribution in [3.05, 3.63) is 11.3 Å². The Morgan fingerprint density at radius 3 is 2.29 bits per heavy atom. The van der Waals surface area contributed by atoms with Crippen molar-refractivity contribution in [3.63, 3.8) is 0 Å². The molecule has 0 N–H and O–H groups in total. The van der Waals surface area contributed by atoms with Crippen LogP contribution in [0.1, 0.15) is 54.9 Å². The molecule has 0 aliphatic carbocycles. The Balaban J connectivity index is 2.02. The lowest BCUT2D eigenvalue weighted by atomic mass is 9.79. The van der Waals surface area contributed by atoms with Gasteiger partial charge in [-0.05, 0) is 17.9 Å². The summed E-state index contributed by atoms with van der Waals surface area (Å²) >= 11 is 0. The van der Waals surface area contributed by atoms with Crippen LogP contribution in [0.2, 0.25) is 0 Å². The Hall–Kier alpha value is -1.52. The summed E-state index contributed by atoms with van der Waals surface area (Å²) in [6, 6.07) is 0.375. The SMILES string of the molecule is C[C@@H]1N=C(C(C)(C)C)N2C[C@@H](N3CCOC3=O)CC2=C1C(C)(C)C. The molecule has 0 spiro atoms. The Kier molecular flexibility index (Phi) is 3.97. The summed E-state index contributed by atoms with van der Waals surface area (Å²) < 4.78 is 5.16. The zero-order valence-corrected chi connectivity index (χ0v) is 16.1. The molecule has 3 aliphatic heterocycles. The lowest BCUT2D eigenvalue weighted by Crippen LogP contribution is -2.45. The summed E-state index contributed by atoms with van der Waals surface area (Å²) in [5, 5.41) is 0. The predicted octanol–water partition coefficient (Wildman–Crippen LogP) is 3.66. The lowest BCUT2D eigenvalue weighted by molar-refractivity contribution is 0.149. The molecule has 0 bridgehead atoms. The Morgan fingerprint density at radius 1 is 1.12 bits per heavy atom. The Morgan fingerprint density at radius 2 is 1.79 bits per heavy atom. The summed E-state index contributed by atoms with van der Waals surface area (Å²) in [4.78, 5) is 21.4. The van der Waals surface area contributed by atoms with Crippen molar-refractivity contribution in [2.24, 2.45) is 15.8 Å². The minimum Gasteiger partial charge on any atom is -0.448 e. The first-order valence-electron chi connectivity index (χ1n) is 9.03. The highest BCUT2D eigenvalue weighted by atomic mass is 16.6. The monoisotopic (exact) mass is 333 g/mol. The number of hydrogen-bond donors (Lipinski definition) is 0. The van der Waals surface area contributed by atoms with Crippen LogP contribution in [0.15, 0.2) is 16.3 Å². The van der Waals surface area contributed by atoms with Gasteiger partial charge in [-0.1, -0.05) is 41.5 Å². The van der Waals surface area contributed by atoms with E-state index in [0.717, 1.165) is 18.8 Å². The van der Waals surface area contributed by atoms with Gasteiger partial charge in [-0.25, -0.2) is 4.79 Å². The van der Waals surface area contributed by atoms with Gasteiger partial charge in [0.05, 0.1) is 18.6 Å². The van der Waals surface area contributed by atoms with Crippen LogP contribution in [0.25, 0.3) is 0 Å². The summed E-state index contributed by atoms with van der Waals surface area (Å²) in [5.74, 6) is 1.15. The maximum absolute atomic E-state index is 12.0. The van der Waals surface area contributed by atoms with Crippen molar-refractivity contribution in [1.29, 1.82) is 0 Å². The number of cyclic esters (lactones) is 1. The molecule has 0 aromatic carbocycles. The molecule has 2 atom stereocenters. The summed E-state index contributed by atoms with van der Waals surface area (Å²) in [6.07, 6.45) is 0.737. The molecule has 24 heavy (non-hydrogen) atoms. The van der Waals surface area contributed by atoms with Gasteiger partial charge in [-0.2, -0.15) is 0 Å². The normalized spacial score (nSPS) is 28.3. The smallest absolute Gasteiger partial charge is 0.410 e. The van der Waals surface area contributed by atoms with E-state index >= 15 is 0 Å². The van der Waals surface area contributed by atoms with Crippen LogP contribution in [0.5, 0.6) is 0 Å². The quantitative estimate of drug-likeness (QED) is 0.735. The Labute approximate surface area is 145 Å². The molecule has 3 heterocycles. The fourth-order valence-electron chi connectivity index (χ4n) is 4.35. The first kappa shape index (κ1) is 17.3. The van der Waals surface area contributed by atoms with E-state index in [1.54, 1.807) is 0 Å². The molecule has 0 aromatic heterocycles. The van der Waals surface area contributed by atoms with Crippen LogP contribution in [0, 0.1) is 10.8 Å². The van der Waals surface area contributed by atoms with Crippen molar-refractivity contribution >= 4 is 11.9 Å². The van der Waals surface area contributed by atoms with Gasteiger partial charge in [-0.3, -0.25) is 9.89 Å². The summed E-state index contributed by atoms with van der Waals surface area (Å²) in [7, 11) is 0. The molecule has 134 valence electrons. The fraction of sp³-hybridized carbons (Fsp3) is 0.789. The van der Waals surface area contributed by atoms with Crippen molar-refractivity contribution in [3.8, 4) is 0 Å². The highest BCUT2D eigenvalue weighted by Crippen LogP contribution is 2.43. The highest BCUT2D eigenvalue weighted by molar-refractivity contribution is 5.90. The third-order valence-electron chi connectivity index (χ3n) is 5.16. The van der Waals surface area contributed by atoms with E-state index < -0.39 is 0 Å². The standard InChI is InChI=1S/C19H31N3O2/c1-12-15(18(2,3)4)14-10-13(21-8-9-24-17(21)23)11-22(14)16(20-12)19(5,6)7/h12-13H,8-11H2,1-7H3/t12-,13-/m0/s1.